The minimum atomic E-state index is 0. The Morgan fingerprint density at radius 1 is 1.11 bits per heavy atom. The minimum Gasteiger partial charge on any atom is -0.317 e. The van der Waals surface area contributed by atoms with Crippen LogP contribution < -0.4 is 5.32 Å². The SMILES string of the molecule is Cc1cc(C)cc(CN(C)CC2CCNCC2)c1.Cl. The van der Waals surface area contributed by atoms with Crippen LogP contribution in [-0.2, 0) is 6.54 Å². The molecule has 108 valence electrons. The summed E-state index contributed by atoms with van der Waals surface area (Å²) in [6, 6.07) is 6.87. The van der Waals surface area contributed by atoms with Crippen LogP contribution >= 0.6 is 12.4 Å². The Kier molecular flexibility index (Phi) is 6.84. The third-order valence-corrected chi connectivity index (χ3v) is 3.76. The molecule has 0 saturated carbocycles. The van der Waals surface area contributed by atoms with Crippen LogP contribution in [0.25, 0.3) is 0 Å². The molecular weight excluding hydrogens is 256 g/mol. The Bertz CT molecular complexity index is 366. The van der Waals surface area contributed by atoms with Crippen LogP contribution in [0.4, 0.5) is 0 Å². The van der Waals surface area contributed by atoms with Gasteiger partial charge in [-0.25, -0.2) is 0 Å². The van der Waals surface area contributed by atoms with Crippen molar-refractivity contribution in [3.8, 4) is 0 Å². The Morgan fingerprint density at radius 3 is 2.26 bits per heavy atom. The summed E-state index contributed by atoms with van der Waals surface area (Å²) < 4.78 is 0. The first kappa shape index (κ1) is 16.5. The lowest BCUT2D eigenvalue weighted by molar-refractivity contribution is 0.234. The van der Waals surface area contributed by atoms with Gasteiger partial charge in [-0.2, -0.15) is 0 Å². The zero-order valence-electron chi connectivity index (χ0n) is 12.4. The number of nitrogens with zero attached hydrogens (tertiary/aromatic N) is 1. The summed E-state index contributed by atoms with van der Waals surface area (Å²) in [4.78, 5) is 2.48. The molecule has 0 aliphatic carbocycles. The fraction of sp³-hybridized carbons (Fsp3) is 0.625. The second-order valence-corrected chi connectivity index (χ2v) is 5.89. The van der Waals surface area contributed by atoms with Crippen molar-refractivity contribution in [2.24, 2.45) is 5.92 Å². The highest BCUT2D eigenvalue weighted by Gasteiger charge is 2.15. The highest BCUT2D eigenvalue weighted by Crippen LogP contribution is 2.15. The maximum atomic E-state index is 3.43. The predicted molar refractivity (Wildman–Crippen MR) is 85.1 cm³/mol. The van der Waals surface area contributed by atoms with Gasteiger partial charge in [-0.3, -0.25) is 0 Å². The van der Waals surface area contributed by atoms with E-state index in [1.54, 1.807) is 0 Å². The molecule has 1 aliphatic heterocycles. The maximum absolute atomic E-state index is 3.43. The van der Waals surface area contributed by atoms with Crippen molar-refractivity contribution in [1.29, 1.82) is 0 Å². The van der Waals surface area contributed by atoms with Crippen molar-refractivity contribution in [1.82, 2.24) is 10.2 Å². The van der Waals surface area contributed by atoms with Crippen molar-refractivity contribution >= 4 is 12.4 Å². The van der Waals surface area contributed by atoms with Crippen LogP contribution in [0, 0.1) is 19.8 Å². The smallest absolute Gasteiger partial charge is 0.0231 e. The number of hydrogen-bond donors (Lipinski definition) is 1. The molecule has 1 heterocycles. The molecule has 1 aromatic carbocycles. The largest absolute Gasteiger partial charge is 0.317 e. The third kappa shape index (κ3) is 5.52. The van der Waals surface area contributed by atoms with Crippen molar-refractivity contribution in [3.63, 3.8) is 0 Å². The number of aryl methyl sites for hydroxylation is 2. The summed E-state index contributed by atoms with van der Waals surface area (Å²) in [7, 11) is 2.25. The van der Waals surface area contributed by atoms with Crippen LogP contribution in [0.1, 0.15) is 29.5 Å². The summed E-state index contributed by atoms with van der Waals surface area (Å²) in [5.41, 5.74) is 4.20. The van der Waals surface area contributed by atoms with Gasteiger partial charge in [0.1, 0.15) is 0 Å². The molecule has 1 aromatic rings. The van der Waals surface area contributed by atoms with E-state index >= 15 is 0 Å². The molecule has 0 radical (unpaired) electrons. The van der Waals surface area contributed by atoms with E-state index in [0.29, 0.717) is 0 Å². The molecule has 1 fully saturated rings. The number of hydrogen-bond acceptors (Lipinski definition) is 2. The lowest BCUT2D eigenvalue weighted by Gasteiger charge is -2.27. The lowest BCUT2D eigenvalue weighted by Crippen LogP contribution is -2.34. The Balaban J connectivity index is 0.00000180. The van der Waals surface area contributed by atoms with Crippen LogP contribution in [0.15, 0.2) is 18.2 Å². The van der Waals surface area contributed by atoms with Gasteiger partial charge in [0.05, 0.1) is 0 Å². The standard InChI is InChI=1S/C16H26N2.ClH/c1-13-8-14(2)10-16(9-13)12-18(3)11-15-4-6-17-7-5-15;/h8-10,15,17H,4-7,11-12H2,1-3H3;1H. The summed E-state index contributed by atoms with van der Waals surface area (Å²) in [5, 5.41) is 3.43. The monoisotopic (exact) mass is 282 g/mol. The summed E-state index contributed by atoms with van der Waals surface area (Å²) in [6.07, 6.45) is 2.66. The predicted octanol–water partition coefficient (Wildman–Crippen LogP) is 3.16. The maximum Gasteiger partial charge on any atom is 0.0231 e. The topological polar surface area (TPSA) is 15.3 Å². The van der Waals surface area contributed by atoms with Crippen molar-refractivity contribution in [3.05, 3.63) is 34.9 Å². The molecule has 1 N–H and O–H groups in total. The van der Waals surface area contributed by atoms with E-state index in [1.165, 1.54) is 49.2 Å². The summed E-state index contributed by atoms with van der Waals surface area (Å²) in [5.74, 6) is 0.877. The van der Waals surface area contributed by atoms with Gasteiger partial charge < -0.3 is 10.2 Å². The molecule has 0 spiro atoms. The average Bonchev–Trinajstić information content (AvgIpc) is 2.28. The van der Waals surface area contributed by atoms with Gasteiger partial charge in [-0.15, -0.1) is 12.4 Å². The third-order valence-electron chi connectivity index (χ3n) is 3.76. The van der Waals surface area contributed by atoms with Crippen LogP contribution in [0.3, 0.4) is 0 Å². The summed E-state index contributed by atoms with van der Waals surface area (Å²) in [6.45, 7) is 9.07. The number of piperidine rings is 1. The highest BCUT2D eigenvalue weighted by atomic mass is 35.5. The first-order valence-corrected chi connectivity index (χ1v) is 7.10. The molecule has 3 heteroatoms. The van der Waals surface area contributed by atoms with E-state index in [9.17, 15) is 0 Å². The van der Waals surface area contributed by atoms with Crippen LogP contribution in [-0.4, -0.2) is 31.6 Å². The molecule has 0 amide bonds. The van der Waals surface area contributed by atoms with E-state index in [0.717, 1.165) is 12.5 Å². The molecular formula is C16H27ClN2. The molecule has 0 aromatic heterocycles. The van der Waals surface area contributed by atoms with Crippen molar-refractivity contribution in [2.45, 2.75) is 33.2 Å². The fourth-order valence-corrected chi connectivity index (χ4v) is 3.04. The van der Waals surface area contributed by atoms with Gasteiger partial charge in [0.25, 0.3) is 0 Å². The van der Waals surface area contributed by atoms with E-state index in [4.69, 9.17) is 0 Å². The number of nitrogens with one attached hydrogen (secondary N) is 1. The minimum absolute atomic E-state index is 0. The molecule has 19 heavy (non-hydrogen) atoms. The molecule has 1 saturated heterocycles. The van der Waals surface area contributed by atoms with Gasteiger partial charge in [0.2, 0.25) is 0 Å². The first-order valence-electron chi connectivity index (χ1n) is 7.10. The second kappa shape index (κ2) is 7.88. The Morgan fingerprint density at radius 2 is 1.68 bits per heavy atom. The molecule has 0 atom stereocenters. The molecule has 0 unspecified atom stereocenters. The zero-order chi connectivity index (χ0) is 13.0. The van der Waals surface area contributed by atoms with Crippen LogP contribution in [0.2, 0.25) is 0 Å². The average molecular weight is 283 g/mol. The normalized spacial score (nSPS) is 16.4. The number of benzene rings is 1. The molecule has 2 rings (SSSR count). The first-order chi connectivity index (χ1) is 8.63. The Hall–Kier alpha value is -0.570. The van der Waals surface area contributed by atoms with E-state index in [1.807, 2.05) is 0 Å². The van der Waals surface area contributed by atoms with E-state index in [-0.39, 0.29) is 12.4 Å². The van der Waals surface area contributed by atoms with E-state index in [2.05, 4.69) is 49.3 Å². The van der Waals surface area contributed by atoms with Gasteiger partial charge in [-0.05, 0) is 58.3 Å². The molecule has 2 nitrogen and oxygen atoms in total. The highest BCUT2D eigenvalue weighted by molar-refractivity contribution is 5.85. The second-order valence-electron chi connectivity index (χ2n) is 5.89. The van der Waals surface area contributed by atoms with Gasteiger partial charge in [-0.1, -0.05) is 29.3 Å². The number of rotatable bonds is 4. The Labute approximate surface area is 124 Å². The van der Waals surface area contributed by atoms with Gasteiger partial charge >= 0.3 is 0 Å². The quantitative estimate of drug-likeness (QED) is 0.913. The summed E-state index contributed by atoms with van der Waals surface area (Å²) >= 11 is 0. The fourth-order valence-electron chi connectivity index (χ4n) is 3.04. The number of halogens is 1. The van der Waals surface area contributed by atoms with Gasteiger partial charge in [0.15, 0.2) is 0 Å². The lowest BCUT2D eigenvalue weighted by atomic mass is 9.97. The van der Waals surface area contributed by atoms with Crippen LogP contribution in [0.5, 0.6) is 0 Å². The van der Waals surface area contributed by atoms with Crippen molar-refractivity contribution in [2.75, 3.05) is 26.7 Å². The molecule has 0 bridgehead atoms. The van der Waals surface area contributed by atoms with Crippen molar-refractivity contribution < 1.29 is 0 Å². The molecule has 1 aliphatic rings. The van der Waals surface area contributed by atoms with E-state index < -0.39 is 0 Å². The zero-order valence-corrected chi connectivity index (χ0v) is 13.2. The van der Waals surface area contributed by atoms with Gasteiger partial charge in [0, 0.05) is 13.1 Å².